The van der Waals surface area contributed by atoms with Gasteiger partial charge in [-0.3, -0.25) is 0 Å². The first kappa shape index (κ1) is 27.3. The predicted octanol–water partition coefficient (Wildman–Crippen LogP) is -1.59. The molecule has 2 rings (SSSR count). The van der Waals surface area contributed by atoms with Crippen molar-refractivity contribution in [3.63, 3.8) is 0 Å². The standard InChI is InChI=1S/C16H16BrF2O3PS.2Na/c1-11(13-5-3-2-4-6-13)24-10-12-7-8-14(15(17)9-12)16(18,19)23(20,21)22;;/h2-9,11H,10H2,1H3,(H2,20,21,22);;/q;2*+1/p-2. The van der Waals surface area contributed by atoms with E-state index in [9.17, 15) is 23.1 Å². The van der Waals surface area contributed by atoms with E-state index in [2.05, 4.69) is 15.9 Å². The summed E-state index contributed by atoms with van der Waals surface area (Å²) in [5.74, 6) is 0.562. The van der Waals surface area contributed by atoms with Crippen LogP contribution in [-0.4, -0.2) is 0 Å². The zero-order valence-electron chi connectivity index (χ0n) is 14.6. The summed E-state index contributed by atoms with van der Waals surface area (Å²) in [5, 5.41) is 0.217. The molecule has 0 bridgehead atoms. The SMILES string of the molecule is CC(SCc1ccc(C(F)(F)P(=O)([O-])[O-])c(Br)c1)c1ccccc1.[Na+].[Na+]. The molecule has 2 aromatic carbocycles. The molecule has 3 nitrogen and oxygen atoms in total. The van der Waals surface area contributed by atoms with Gasteiger partial charge in [-0.2, -0.15) is 8.78 Å². The van der Waals surface area contributed by atoms with Gasteiger partial charge in [-0.25, -0.2) is 0 Å². The van der Waals surface area contributed by atoms with Crippen LogP contribution in [0.5, 0.6) is 0 Å². The third-order valence-corrected chi connectivity index (χ3v) is 6.33. The Balaban J connectivity index is 0.00000312. The Labute approximate surface area is 208 Å². The average molecular weight is 481 g/mol. The van der Waals surface area contributed by atoms with Gasteiger partial charge in [0, 0.05) is 28.6 Å². The van der Waals surface area contributed by atoms with Crippen molar-refractivity contribution in [3.05, 3.63) is 69.7 Å². The number of benzene rings is 2. The minimum atomic E-state index is -6.07. The van der Waals surface area contributed by atoms with Gasteiger partial charge in [-0.05, 0) is 24.1 Å². The Morgan fingerprint density at radius 3 is 2.23 bits per heavy atom. The second kappa shape index (κ2) is 11.5. The molecular weight excluding hydrogens is 467 g/mol. The monoisotopic (exact) mass is 480 g/mol. The van der Waals surface area contributed by atoms with Gasteiger partial charge in [-0.1, -0.05) is 58.4 Å². The number of rotatable bonds is 6. The Morgan fingerprint density at radius 1 is 1.15 bits per heavy atom. The summed E-state index contributed by atoms with van der Waals surface area (Å²) >= 11 is 4.56. The Bertz CT molecular complexity index is 762. The van der Waals surface area contributed by atoms with Crippen molar-refractivity contribution < 1.29 is 82.2 Å². The van der Waals surface area contributed by atoms with E-state index < -0.39 is 18.8 Å². The summed E-state index contributed by atoms with van der Waals surface area (Å²) in [6, 6.07) is 13.7. The molecule has 0 aliphatic carbocycles. The van der Waals surface area contributed by atoms with Crippen molar-refractivity contribution in [1.82, 2.24) is 0 Å². The smallest absolute Gasteiger partial charge is 0.806 e. The molecule has 26 heavy (non-hydrogen) atoms. The first-order valence-electron chi connectivity index (χ1n) is 6.98. The molecule has 0 saturated carbocycles. The van der Waals surface area contributed by atoms with Crippen LogP contribution < -0.4 is 68.9 Å². The molecule has 0 aliphatic heterocycles. The molecule has 130 valence electrons. The molecule has 0 radical (unpaired) electrons. The summed E-state index contributed by atoms with van der Waals surface area (Å²) < 4.78 is 38.0. The summed E-state index contributed by atoms with van der Waals surface area (Å²) in [4.78, 5) is 21.5. The van der Waals surface area contributed by atoms with E-state index in [1.165, 1.54) is 12.1 Å². The quantitative estimate of drug-likeness (QED) is 0.369. The van der Waals surface area contributed by atoms with E-state index >= 15 is 0 Å². The van der Waals surface area contributed by atoms with Crippen LogP contribution in [0.3, 0.4) is 0 Å². The van der Waals surface area contributed by atoms with Crippen molar-refractivity contribution in [3.8, 4) is 0 Å². The molecule has 0 N–H and O–H groups in total. The summed E-state index contributed by atoms with van der Waals surface area (Å²) in [6.07, 6.45) is 0. The van der Waals surface area contributed by atoms with Crippen LogP contribution in [0.1, 0.15) is 28.9 Å². The molecule has 10 heteroatoms. The maximum Gasteiger partial charge on any atom is 1.00 e. The van der Waals surface area contributed by atoms with Crippen LogP contribution >= 0.6 is 35.3 Å². The van der Waals surface area contributed by atoms with Crippen LogP contribution in [0.4, 0.5) is 8.78 Å². The van der Waals surface area contributed by atoms with E-state index in [1.54, 1.807) is 11.8 Å². The normalized spacial score (nSPS) is 12.7. The molecule has 0 saturated heterocycles. The third-order valence-electron chi connectivity index (χ3n) is 3.47. The van der Waals surface area contributed by atoms with Gasteiger partial charge in [0.05, 0.1) is 0 Å². The molecule has 2 aromatic rings. The summed E-state index contributed by atoms with van der Waals surface area (Å²) in [5.41, 5.74) is -3.36. The van der Waals surface area contributed by atoms with Gasteiger partial charge < -0.3 is 14.4 Å². The number of hydrogen-bond donors (Lipinski definition) is 0. The molecule has 0 amide bonds. The summed E-state index contributed by atoms with van der Waals surface area (Å²) in [6.45, 7) is 2.04. The maximum atomic E-state index is 13.7. The average Bonchev–Trinajstić information content (AvgIpc) is 2.52. The number of thioether (sulfide) groups is 1. The fraction of sp³-hybridized carbons (Fsp3) is 0.250. The van der Waals surface area contributed by atoms with E-state index in [-0.39, 0.29) is 68.8 Å². The number of hydrogen-bond acceptors (Lipinski definition) is 4. The second-order valence-corrected chi connectivity index (χ2v) is 8.96. The minimum Gasteiger partial charge on any atom is -0.806 e. The molecular formula is C16H14BrF2Na2O3PS. The molecule has 0 heterocycles. The predicted molar refractivity (Wildman–Crippen MR) is 91.8 cm³/mol. The first-order valence-corrected chi connectivity index (χ1v) is 10.4. The largest absolute Gasteiger partial charge is 1.00 e. The van der Waals surface area contributed by atoms with Crippen molar-refractivity contribution in [2.45, 2.75) is 23.6 Å². The van der Waals surface area contributed by atoms with Crippen LogP contribution in [0.15, 0.2) is 53.0 Å². The van der Waals surface area contributed by atoms with Gasteiger partial charge in [0.1, 0.15) is 0 Å². The maximum absolute atomic E-state index is 13.7. The van der Waals surface area contributed by atoms with E-state index in [0.29, 0.717) is 5.75 Å². The Morgan fingerprint density at radius 2 is 1.73 bits per heavy atom. The molecule has 0 aromatic heterocycles. The van der Waals surface area contributed by atoms with Crippen LogP contribution in [0.25, 0.3) is 0 Å². The zero-order chi connectivity index (χ0) is 18.0. The van der Waals surface area contributed by atoms with E-state index in [0.717, 1.165) is 17.2 Å². The van der Waals surface area contributed by atoms with Crippen molar-refractivity contribution in [2.24, 2.45) is 0 Å². The van der Waals surface area contributed by atoms with Crippen molar-refractivity contribution in [2.75, 3.05) is 0 Å². The van der Waals surface area contributed by atoms with Crippen molar-refractivity contribution in [1.29, 1.82) is 0 Å². The minimum absolute atomic E-state index is 0. The number of halogens is 3. The van der Waals surface area contributed by atoms with Gasteiger partial charge in [0.25, 0.3) is 5.66 Å². The van der Waals surface area contributed by atoms with Crippen molar-refractivity contribution >= 4 is 35.3 Å². The molecule has 0 spiro atoms. The summed E-state index contributed by atoms with van der Waals surface area (Å²) in [7, 11) is -6.07. The van der Waals surface area contributed by atoms with Gasteiger partial charge in [0.2, 0.25) is 0 Å². The Hall–Kier alpha value is 1.28. The topological polar surface area (TPSA) is 63.2 Å². The number of alkyl halides is 2. The fourth-order valence-corrected chi connectivity index (χ4v) is 4.37. The van der Waals surface area contributed by atoms with Crippen LogP contribution in [-0.2, 0) is 16.0 Å². The molecule has 1 unspecified atom stereocenters. The van der Waals surface area contributed by atoms with E-state index in [1.807, 2.05) is 37.3 Å². The zero-order valence-corrected chi connectivity index (χ0v) is 21.9. The Kier molecular flexibility index (Phi) is 12.0. The third kappa shape index (κ3) is 6.96. The second-order valence-electron chi connectivity index (χ2n) is 5.22. The molecule has 0 aliphatic rings. The first-order chi connectivity index (χ1) is 11.1. The molecule has 1 atom stereocenters. The van der Waals surface area contributed by atoms with Gasteiger partial charge in [0.15, 0.2) is 0 Å². The fourth-order valence-electron chi connectivity index (χ4n) is 2.08. The van der Waals surface area contributed by atoms with Crippen LogP contribution in [0.2, 0.25) is 0 Å². The van der Waals surface area contributed by atoms with Crippen LogP contribution in [0, 0.1) is 0 Å². The molecule has 0 fully saturated rings. The van der Waals surface area contributed by atoms with Gasteiger partial charge in [-0.15, -0.1) is 11.8 Å². The van der Waals surface area contributed by atoms with E-state index in [4.69, 9.17) is 0 Å². The van der Waals surface area contributed by atoms with Gasteiger partial charge >= 0.3 is 59.1 Å².